The van der Waals surface area contributed by atoms with Crippen molar-refractivity contribution in [3.63, 3.8) is 0 Å². The zero-order valence-corrected chi connectivity index (χ0v) is 11.6. The molecule has 3 heteroatoms. The van der Waals surface area contributed by atoms with Crippen LogP contribution in [0.2, 0.25) is 0 Å². The second-order valence-corrected chi connectivity index (χ2v) is 6.01. The minimum Gasteiger partial charge on any atom is -0.395 e. The van der Waals surface area contributed by atoms with Gasteiger partial charge in [0.05, 0.1) is 6.61 Å². The monoisotopic (exact) mass is 277 g/mol. The van der Waals surface area contributed by atoms with Gasteiger partial charge in [-0.2, -0.15) is 0 Å². The standard InChI is InChI=1S/C12H24BrNO/c1-12(2,9-13)10-14-7-5-3-4-6-11(14)8-15/h11,15H,3-10H2,1-2H3. The first-order chi connectivity index (χ1) is 7.09. The van der Waals surface area contributed by atoms with Gasteiger partial charge in [0.1, 0.15) is 0 Å². The minimum atomic E-state index is 0.303. The summed E-state index contributed by atoms with van der Waals surface area (Å²) < 4.78 is 0. The quantitative estimate of drug-likeness (QED) is 0.799. The van der Waals surface area contributed by atoms with Crippen LogP contribution in [0, 0.1) is 5.41 Å². The normalized spacial score (nSPS) is 25.2. The molecule has 90 valence electrons. The molecular weight excluding hydrogens is 254 g/mol. The summed E-state index contributed by atoms with van der Waals surface area (Å²) >= 11 is 3.57. The summed E-state index contributed by atoms with van der Waals surface area (Å²) in [6.45, 7) is 7.12. The minimum absolute atomic E-state index is 0.303. The van der Waals surface area contributed by atoms with E-state index in [4.69, 9.17) is 0 Å². The van der Waals surface area contributed by atoms with Gasteiger partial charge in [0.2, 0.25) is 0 Å². The molecule has 0 bridgehead atoms. The summed E-state index contributed by atoms with van der Waals surface area (Å²) in [4.78, 5) is 2.48. The summed E-state index contributed by atoms with van der Waals surface area (Å²) in [7, 11) is 0. The van der Waals surface area contributed by atoms with Crippen molar-refractivity contribution in [2.45, 2.75) is 45.6 Å². The Balaban J connectivity index is 2.55. The summed E-state index contributed by atoms with van der Waals surface area (Å²) in [5.41, 5.74) is 0.303. The first-order valence-electron chi connectivity index (χ1n) is 6.00. The van der Waals surface area contributed by atoms with E-state index < -0.39 is 0 Å². The van der Waals surface area contributed by atoms with Crippen LogP contribution in [0.25, 0.3) is 0 Å². The van der Waals surface area contributed by atoms with Crippen molar-refractivity contribution >= 4 is 15.9 Å². The molecule has 1 atom stereocenters. The Morgan fingerprint density at radius 1 is 1.33 bits per heavy atom. The number of likely N-dealkylation sites (tertiary alicyclic amines) is 1. The number of hydrogen-bond donors (Lipinski definition) is 1. The van der Waals surface area contributed by atoms with Crippen molar-refractivity contribution in [3.05, 3.63) is 0 Å². The highest BCUT2D eigenvalue weighted by atomic mass is 79.9. The topological polar surface area (TPSA) is 23.5 Å². The van der Waals surface area contributed by atoms with Crippen molar-refractivity contribution in [1.29, 1.82) is 0 Å². The van der Waals surface area contributed by atoms with Gasteiger partial charge in [-0.25, -0.2) is 0 Å². The molecule has 0 amide bonds. The average molecular weight is 278 g/mol. The molecule has 0 radical (unpaired) electrons. The molecule has 15 heavy (non-hydrogen) atoms. The van der Waals surface area contributed by atoms with Crippen molar-refractivity contribution in [3.8, 4) is 0 Å². The number of aliphatic hydroxyl groups is 1. The fourth-order valence-electron chi connectivity index (χ4n) is 2.24. The van der Waals surface area contributed by atoms with Crippen LogP contribution in [0.15, 0.2) is 0 Å². The zero-order chi connectivity index (χ0) is 11.3. The largest absolute Gasteiger partial charge is 0.395 e. The predicted molar refractivity (Wildman–Crippen MR) is 68.5 cm³/mol. The predicted octanol–water partition coefficient (Wildman–Crippen LogP) is 2.64. The summed E-state index contributed by atoms with van der Waals surface area (Å²) in [5, 5.41) is 10.4. The van der Waals surface area contributed by atoms with Crippen LogP contribution in [-0.4, -0.2) is 41.1 Å². The fourth-order valence-corrected chi connectivity index (χ4v) is 2.42. The highest BCUT2D eigenvalue weighted by Crippen LogP contribution is 2.24. The van der Waals surface area contributed by atoms with Gasteiger partial charge >= 0.3 is 0 Å². The van der Waals surface area contributed by atoms with E-state index in [1.54, 1.807) is 0 Å². The fraction of sp³-hybridized carbons (Fsp3) is 1.00. The van der Waals surface area contributed by atoms with E-state index in [-0.39, 0.29) is 0 Å². The SMILES string of the molecule is CC(C)(CBr)CN1CCCCCC1CO. The molecule has 1 fully saturated rings. The van der Waals surface area contributed by atoms with Crippen LogP contribution >= 0.6 is 15.9 Å². The van der Waals surface area contributed by atoms with E-state index in [2.05, 4.69) is 34.7 Å². The Hall–Kier alpha value is 0.400. The Morgan fingerprint density at radius 2 is 2.07 bits per heavy atom. The van der Waals surface area contributed by atoms with Gasteiger partial charge in [-0.1, -0.05) is 42.6 Å². The molecule has 1 saturated heterocycles. The molecule has 2 nitrogen and oxygen atoms in total. The van der Waals surface area contributed by atoms with Gasteiger partial charge in [-0.15, -0.1) is 0 Å². The van der Waals surface area contributed by atoms with Gasteiger partial charge in [-0.3, -0.25) is 4.90 Å². The van der Waals surface area contributed by atoms with E-state index in [0.717, 1.165) is 24.8 Å². The lowest BCUT2D eigenvalue weighted by Gasteiger charge is -2.35. The maximum atomic E-state index is 9.40. The molecule has 1 rings (SSSR count). The van der Waals surface area contributed by atoms with E-state index in [0.29, 0.717) is 18.1 Å². The number of rotatable bonds is 4. The van der Waals surface area contributed by atoms with Gasteiger partial charge in [0.15, 0.2) is 0 Å². The molecule has 0 spiro atoms. The van der Waals surface area contributed by atoms with Crippen LogP contribution in [0.5, 0.6) is 0 Å². The zero-order valence-electron chi connectivity index (χ0n) is 10.0. The van der Waals surface area contributed by atoms with Crippen LogP contribution in [-0.2, 0) is 0 Å². The van der Waals surface area contributed by atoms with Crippen molar-refractivity contribution in [2.75, 3.05) is 25.0 Å². The van der Waals surface area contributed by atoms with Gasteiger partial charge in [-0.05, 0) is 24.8 Å². The molecule has 0 aromatic heterocycles. The molecule has 0 saturated carbocycles. The van der Waals surface area contributed by atoms with E-state index >= 15 is 0 Å². The number of halogens is 1. The van der Waals surface area contributed by atoms with E-state index in [1.165, 1.54) is 19.3 Å². The van der Waals surface area contributed by atoms with Crippen molar-refractivity contribution in [1.82, 2.24) is 4.90 Å². The molecule has 1 N–H and O–H groups in total. The first kappa shape index (κ1) is 13.5. The Labute approximate surface area is 102 Å². The van der Waals surface area contributed by atoms with Crippen molar-refractivity contribution in [2.24, 2.45) is 5.41 Å². The van der Waals surface area contributed by atoms with Gasteiger partial charge in [0.25, 0.3) is 0 Å². The molecule has 0 aromatic rings. The number of aliphatic hydroxyl groups excluding tert-OH is 1. The van der Waals surface area contributed by atoms with Crippen molar-refractivity contribution < 1.29 is 5.11 Å². The highest BCUT2D eigenvalue weighted by molar-refractivity contribution is 9.09. The third-order valence-corrected chi connectivity index (χ3v) is 4.72. The highest BCUT2D eigenvalue weighted by Gasteiger charge is 2.26. The Bertz CT molecular complexity index is 184. The van der Waals surface area contributed by atoms with Gasteiger partial charge in [0, 0.05) is 17.9 Å². The molecule has 1 unspecified atom stereocenters. The third-order valence-electron chi connectivity index (χ3n) is 3.20. The lowest BCUT2D eigenvalue weighted by molar-refractivity contribution is 0.0940. The molecule has 0 aromatic carbocycles. The summed E-state index contributed by atoms with van der Waals surface area (Å²) in [6.07, 6.45) is 5.04. The summed E-state index contributed by atoms with van der Waals surface area (Å²) in [5.74, 6) is 0. The Morgan fingerprint density at radius 3 is 2.67 bits per heavy atom. The molecular formula is C12H24BrNO. The molecule has 0 aliphatic carbocycles. The number of nitrogens with zero attached hydrogens (tertiary/aromatic N) is 1. The molecule has 1 heterocycles. The lowest BCUT2D eigenvalue weighted by Crippen LogP contribution is -2.43. The van der Waals surface area contributed by atoms with Crippen LogP contribution in [0.4, 0.5) is 0 Å². The third kappa shape index (κ3) is 4.41. The number of hydrogen-bond acceptors (Lipinski definition) is 2. The second-order valence-electron chi connectivity index (χ2n) is 5.45. The average Bonchev–Trinajstić information content (AvgIpc) is 2.42. The van der Waals surface area contributed by atoms with Gasteiger partial charge < -0.3 is 5.11 Å². The lowest BCUT2D eigenvalue weighted by atomic mass is 9.95. The maximum absolute atomic E-state index is 9.40. The van der Waals surface area contributed by atoms with Crippen LogP contribution in [0.1, 0.15) is 39.5 Å². The summed E-state index contributed by atoms with van der Waals surface area (Å²) in [6, 6.07) is 0.394. The van der Waals surface area contributed by atoms with E-state index in [1.807, 2.05) is 0 Å². The smallest absolute Gasteiger partial charge is 0.0586 e. The van der Waals surface area contributed by atoms with E-state index in [9.17, 15) is 5.11 Å². The second kappa shape index (κ2) is 6.21. The maximum Gasteiger partial charge on any atom is 0.0586 e. The first-order valence-corrected chi connectivity index (χ1v) is 7.12. The molecule has 1 aliphatic heterocycles. The van der Waals surface area contributed by atoms with Crippen LogP contribution in [0.3, 0.4) is 0 Å². The molecule has 1 aliphatic rings. The van der Waals surface area contributed by atoms with Crippen LogP contribution < -0.4 is 0 Å². The Kier molecular flexibility index (Phi) is 5.58. The number of alkyl halides is 1.